The molecule has 0 atom stereocenters. The summed E-state index contributed by atoms with van der Waals surface area (Å²) >= 11 is 0. The average Bonchev–Trinajstić information content (AvgIpc) is 3.18. The standard InChI is InChI=1S/C17H18N6O/c24-17(14-2-7-18-8-3-14)4-10-22(11-5-17)15-12-19-13-16(21-15)23-9-1-6-20-23/h1-3,6-9,12-13,24H,4-5,10-11H2. The number of anilines is 1. The zero-order chi connectivity index (χ0) is 16.4. The van der Waals surface area contributed by atoms with E-state index in [0.29, 0.717) is 18.7 Å². The van der Waals surface area contributed by atoms with E-state index in [9.17, 15) is 5.11 Å². The fourth-order valence-electron chi connectivity index (χ4n) is 3.07. The Kier molecular flexibility index (Phi) is 3.70. The minimum absolute atomic E-state index is 0.644. The molecule has 1 saturated heterocycles. The van der Waals surface area contributed by atoms with E-state index in [1.165, 1.54) is 0 Å². The molecule has 0 saturated carbocycles. The molecule has 7 heteroatoms. The highest BCUT2D eigenvalue weighted by molar-refractivity contribution is 5.40. The number of pyridine rings is 1. The molecule has 0 spiro atoms. The molecular weight excluding hydrogens is 304 g/mol. The average molecular weight is 322 g/mol. The Hall–Kier alpha value is -2.80. The van der Waals surface area contributed by atoms with Crippen LogP contribution in [0.2, 0.25) is 0 Å². The molecule has 0 aromatic carbocycles. The van der Waals surface area contributed by atoms with Crippen molar-refractivity contribution in [3.05, 3.63) is 60.9 Å². The van der Waals surface area contributed by atoms with Gasteiger partial charge in [-0.05, 0) is 36.6 Å². The number of aromatic nitrogens is 5. The first-order valence-corrected chi connectivity index (χ1v) is 7.94. The van der Waals surface area contributed by atoms with Gasteiger partial charge < -0.3 is 10.0 Å². The lowest BCUT2D eigenvalue weighted by atomic mass is 9.85. The predicted octanol–water partition coefficient (Wildman–Crippen LogP) is 1.55. The largest absolute Gasteiger partial charge is 0.385 e. The Morgan fingerprint density at radius 2 is 1.71 bits per heavy atom. The summed E-state index contributed by atoms with van der Waals surface area (Å²) in [5.41, 5.74) is 0.125. The third kappa shape index (κ3) is 2.74. The van der Waals surface area contributed by atoms with Crippen molar-refractivity contribution in [2.75, 3.05) is 18.0 Å². The van der Waals surface area contributed by atoms with Gasteiger partial charge >= 0.3 is 0 Å². The number of aliphatic hydroxyl groups is 1. The third-order valence-electron chi connectivity index (χ3n) is 4.48. The first kappa shape index (κ1) is 14.8. The van der Waals surface area contributed by atoms with Crippen LogP contribution in [0.25, 0.3) is 5.82 Å². The summed E-state index contributed by atoms with van der Waals surface area (Å²) < 4.78 is 1.69. The van der Waals surface area contributed by atoms with Crippen LogP contribution in [0.15, 0.2) is 55.4 Å². The van der Waals surface area contributed by atoms with E-state index in [1.807, 2.05) is 24.4 Å². The highest BCUT2D eigenvalue weighted by Crippen LogP contribution is 2.33. The van der Waals surface area contributed by atoms with Crippen LogP contribution in [-0.4, -0.2) is 42.9 Å². The first-order valence-electron chi connectivity index (χ1n) is 7.94. The highest BCUT2D eigenvalue weighted by Gasteiger charge is 2.34. The first-order chi connectivity index (χ1) is 11.7. The number of rotatable bonds is 3. The lowest BCUT2D eigenvalue weighted by molar-refractivity contribution is 0.0116. The third-order valence-corrected chi connectivity index (χ3v) is 4.48. The van der Waals surface area contributed by atoms with Gasteiger partial charge in [-0.15, -0.1) is 0 Å². The Bertz CT molecular complexity index is 797. The molecule has 7 nitrogen and oxygen atoms in total. The molecule has 4 rings (SSSR count). The Balaban J connectivity index is 1.51. The summed E-state index contributed by atoms with van der Waals surface area (Å²) in [4.78, 5) is 15.1. The molecule has 0 aliphatic carbocycles. The molecule has 24 heavy (non-hydrogen) atoms. The van der Waals surface area contributed by atoms with Gasteiger partial charge in [-0.2, -0.15) is 5.10 Å². The second-order valence-corrected chi connectivity index (χ2v) is 5.94. The zero-order valence-electron chi connectivity index (χ0n) is 13.2. The van der Waals surface area contributed by atoms with Gasteiger partial charge in [0.05, 0.1) is 18.0 Å². The van der Waals surface area contributed by atoms with E-state index < -0.39 is 5.60 Å². The summed E-state index contributed by atoms with van der Waals surface area (Å²) in [6, 6.07) is 5.62. The van der Waals surface area contributed by atoms with Crippen molar-refractivity contribution in [1.29, 1.82) is 0 Å². The summed E-state index contributed by atoms with van der Waals surface area (Å²) in [6.45, 7) is 1.44. The highest BCUT2D eigenvalue weighted by atomic mass is 16.3. The summed E-state index contributed by atoms with van der Waals surface area (Å²) in [5, 5.41) is 15.1. The van der Waals surface area contributed by atoms with Crippen LogP contribution >= 0.6 is 0 Å². The molecule has 1 N–H and O–H groups in total. The molecule has 4 heterocycles. The van der Waals surface area contributed by atoms with E-state index in [-0.39, 0.29) is 0 Å². The van der Waals surface area contributed by atoms with Crippen LogP contribution < -0.4 is 4.90 Å². The molecular formula is C17H18N6O. The zero-order valence-corrected chi connectivity index (χ0v) is 13.2. The molecule has 122 valence electrons. The number of hydrogen-bond donors (Lipinski definition) is 1. The smallest absolute Gasteiger partial charge is 0.173 e. The van der Waals surface area contributed by atoms with Gasteiger partial charge in [0, 0.05) is 37.9 Å². The van der Waals surface area contributed by atoms with Gasteiger partial charge in [-0.1, -0.05) is 0 Å². The minimum atomic E-state index is -0.799. The van der Waals surface area contributed by atoms with Crippen molar-refractivity contribution >= 4 is 5.82 Å². The van der Waals surface area contributed by atoms with Crippen LogP contribution in [0.1, 0.15) is 18.4 Å². The molecule has 3 aromatic rings. The quantitative estimate of drug-likeness (QED) is 0.788. The van der Waals surface area contributed by atoms with Gasteiger partial charge in [-0.25, -0.2) is 9.67 Å². The van der Waals surface area contributed by atoms with Gasteiger partial charge in [0.15, 0.2) is 5.82 Å². The second-order valence-electron chi connectivity index (χ2n) is 5.94. The van der Waals surface area contributed by atoms with Crippen molar-refractivity contribution < 1.29 is 5.11 Å². The molecule has 0 radical (unpaired) electrons. The van der Waals surface area contributed by atoms with Crippen LogP contribution in [-0.2, 0) is 5.60 Å². The Morgan fingerprint density at radius 1 is 0.958 bits per heavy atom. The molecule has 3 aromatic heterocycles. The number of piperidine rings is 1. The molecule has 1 aliphatic rings. The van der Waals surface area contributed by atoms with Gasteiger partial charge in [-0.3, -0.25) is 9.97 Å². The Labute approximate surface area is 139 Å². The topological polar surface area (TPSA) is 80.0 Å². The number of nitrogens with zero attached hydrogens (tertiary/aromatic N) is 6. The number of hydrogen-bond acceptors (Lipinski definition) is 6. The lowest BCUT2D eigenvalue weighted by Gasteiger charge is -2.38. The summed E-state index contributed by atoms with van der Waals surface area (Å²) in [7, 11) is 0. The van der Waals surface area contributed by atoms with Crippen LogP contribution in [0.5, 0.6) is 0 Å². The molecule has 1 aliphatic heterocycles. The van der Waals surface area contributed by atoms with Crippen LogP contribution in [0.3, 0.4) is 0 Å². The summed E-state index contributed by atoms with van der Waals surface area (Å²) in [5.74, 6) is 1.49. The summed E-state index contributed by atoms with van der Waals surface area (Å²) in [6.07, 6.45) is 11.7. The van der Waals surface area contributed by atoms with E-state index in [2.05, 4.69) is 25.0 Å². The van der Waals surface area contributed by atoms with Gasteiger partial charge in [0.25, 0.3) is 0 Å². The van der Waals surface area contributed by atoms with Crippen molar-refractivity contribution in [3.8, 4) is 5.82 Å². The fraction of sp³-hybridized carbons (Fsp3) is 0.294. The molecule has 0 bridgehead atoms. The van der Waals surface area contributed by atoms with E-state index in [4.69, 9.17) is 0 Å². The second kappa shape index (κ2) is 6.01. The van der Waals surface area contributed by atoms with Crippen LogP contribution in [0.4, 0.5) is 5.82 Å². The van der Waals surface area contributed by atoms with Gasteiger partial charge in [0.1, 0.15) is 5.82 Å². The van der Waals surface area contributed by atoms with Crippen molar-refractivity contribution in [3.63, 3.8) is 0 Å². The normalized spacial score (nSPS) is 17.0. The van der Waals surface area contributed by atoms with Crippen molar-refractivity contribution in [2.45, 2.75) is 18.4 Å². The molecule has 1 fully saturated rings. The Morgan fingerprint density at radius 3 is 2.42 bits per heavy atom. The molecule has 0 amide bonds. The monoisotopic (exact) mass is 322 g/mol. The predicted molar refractivity (Wildman–Crippen MR) is 88.7 cm³/mol. The van der Waals surface area contributed by atoms with Crippen LogP contribution in [0, 0.1) is 0 Å². The van der Waals surface area contributed by atoms with Crippen molar-refractivity contribution in [1.82, 2.24) is 24.7 Å². The van der Waals surface area contributed by atoms with Gasteiger partial charge in [0.2, 0.25) is 0 Å². The van der Waals surface area contributed by atoms with E-state index in [0.717, 1.165) is 24.5 Å². The maximum atomic E-state index is 10.9. The van der Waals surface area contributed by atoms with Crippen molar-refractivity contribution in [2.24, 2.45) is 0 Å². The fourth-order valence-corrected chi connectivity index (χ4v) is 3.07. The maximum absolute atomic E-state index is 10.9. The SMILES string of the molecule is OC1(c2ccncc2)CCN(c2cncc(-n3cccn3)n2)CC1. The lowest BCUT2D eigenvalue weighted by Crippen LogP contribution is -2.43. The maximum Gasteiger partial charge on any atom is 0.173 e. The molecule has 0 unspecified atom stereocenters. The minimum Gasteiger partial charge on any atom is -0.385 e. The van der Waals surface area contributed by atoms with E-state index >= 15 is 0 Å². The van der Waals surface area contributed by atoms with E-state index in [1.54, 1.807) is 35.7 Å².